The highest BCUT2D eigenvalue weighted by Gasteiger charge is 2.28. The van der Waals surface area contributed by atoms with Gasteiger partial charge in [0.2, 0.25) is 0 Å². The number of hydrogen-bond donors (Lipinski definition) is 1. The zero-order valence-corrected chi connectivity index (χ0v) is 10.7. The smallest absolute Gasteiger partial charge is 0.159 e. The Labute approximate surface area is 106 Å². The Hall–Kier alpha value is -1.04. The third-order valence-electron chi connectivity index (χ3n) is 3.64. The molecule has 1 aliphatic heterocycles. The average molecular weight is 255 g/mol. The minimum Gasteiger partial charge on any atom is -0.323 e. The minimum atomic E-state index is -0.838. The van der Waals surface area contributed by atoms with E-state index in [1.54, 1.807) is 6.07 Å². The molecule has 2 unspecified atom stereocenters. The summed E-state index contributed by atoms with van der Waals surface area (Å²) in [6.45, 7) is 2.76. The predicted octanol–water partition coefficient (Wildman–Crippen LogP) is 1.21. The molecule has 0 bridgehead atoms. The summed E-state index contributed by atoms with van der Waals surface area (Å²) in [5.74, 6) is -1.67. The number of rotatable bonds is 2. The van der Waals surface area contributed by atoms with Gasteiger partial charge in [0.25, 0.3) is 0 Å². The highest BCUT2D eigenvalue weighted by Crippen LogP contribution is 2.22. The fraction of sp³-hybridized carbons (Fsp3) is 0.538. The minimum absolute atomic E-state index is 0.119. The van der Waals surface area contributed by atoms with Crippen LogP contribution >= 0.6 is 0 Å². The molecule has 1 heterocycles. The molecule has 0 saturated carbocycles. The first-order valence-corrected chi connectivity index (χ1v) is 6.08. The maximum atomic E-state index is 13.2. The standard InChI is InChI=1S/C13H19F2N3/c1-17-5-6-18(2)12(8-17)13(16)9-3-4-10(14)11(15)7-9/h3-4,7,12-13H,5-6,8,16H2,1-2H3. The van der Waals surface area contributed by atoms with Crippen LogP contribution in [0.25, 0.3) is 0 Å². The lowest BCUT2D eigenvalue weighted by Gasteiger charge is -2.40. The van der Waals surface area contributed by atoms with Gasteiger partial charge in [-0.3, -0.25) is 4.90 Å². The zero-order valence-electron chi connectivity index (χ0n) is 10.7. The summed E-state index contributed by atoms with van der Waals surface area (Å²) in [4.78, 5) is 4.37. The molecule has 0 aliphatic carbocycles. The lowest BCUT2D eigenvalue weighted by Crippen LogP contribution is -2.54. The largest absolute Gasteiger partial charge is 0.323 e. The van der Waals surface area contributed by atoms with Crippen LogP contribution < -0.4 is 5.73 Å². The molecule has 2 rings (SSSR count). The fourth-order valence-electron chi connectivity index (χ4n) is 2.37. The van der Waals surface area contributed by atoms with E-state index in [2.05, 4.69) is 9.80 Å². The molecule has 1 saturated heterocycles. The van der Waals surface area contributed by atoms with Gasteiger partial charge in [-0.05, 0) is 31.8 Å². The van der Waals surface area contributed by atoms with Crippen LogP contribution in [0.1, 0.15) is 11.6 Å². The van der Waals surface area contributed by atoms with Gasteiger partial charge in [0, 0.05) is 31.7 Å². The molecule has 0 radical (unpaired) electrons. The number of nitrogens with two attached hydrogens (primary N) is 1. The van der Waals surface area contributed by atoms with E-state index in [0.29, 0.717) is 5.56 Å². The Bertz CT molecular complexity index is 425. The SMILES string of the molecule is CN1CCN(C)C(C(N)c2ccc(F)c(F)c2)C1. The first-order valence-electron chi connectivity index (χ1n) is 6.08. The second-order valence-electron chi connectivity index (χ2n) is 5.01. The van der Waals surface area contributed by atoms with Crippen LogP contribution in [0.5, 0.6) is 0 Å². The van der Waals surface area contributed by atoms with Crippen molar-refractivity contribution in [3.05, 3.63) is 35.4 Å². The molecular formula is C13H19F2N3. The van der Waals surface area contributed by atoms with Crippen LogP contribution in [-0.4, -0.2) is 49.6 Å². The fourth-order valence-corrected chi connectivity index (χ4v) is 2.37. The summed E-state index contributed by atoms with van der Waals surface area (Å²) >= 11 is 0. The van der Waals surface area contributed by atoms with E-state index >= 15 is 0 Å². The van der Waals surface area contributed by atoms with Crippen molar-refractivity contribution >= 4 is 0 Å². The van der Waals surface area contributed by atoms with Crippen LogP contribution in [-0.2, 0) is 0 Å². The van der Waals surface area contributed by atoms with E-state index < -0.39 is 11.6 Å². The van der Waals surface area contributed by atoms with Gasteiger partial charge >= 0.3 is 0 Å². The van der Waals surface area contributed by atoms with Crippen molar-refractivity contribution in [3.8, 4) is 0 Å². The van der Waals surface area contributed by atoms with E-state index in [0.717, 1.165) is 25.7 Å². The second-order valence-corrected chi connectivity index (χ2v) is 5.01. The monoisotopic (exact) mass is 255 g/mol. The molecule has 1 aromatic carbocycles. The van der Waals surface area contributed by atoms with Crippen LogP contribution in [0.4, 0.5) is 8.78 Å². The van der Waals surface area contributed by atoms with E-state index in [-0.39, 0.29) is 12.1 Å². The Balaban J connectivity index is 2.18. The van der Waals surface area contributed by atoms with Gasteiger partial charge in [-0.1, -0.05) is 6.07 Å². The van der Waals surface area contributed by atoms with Crippen LogP contribution in [0, 0.1) is 11.6 Å². The van der Waals surface area contributed by atoms with Crippen LogP contribution in [0.15, 0.2) is 18.2 Å². The van der Waals surface area contributed by atoms with Gasteiger partial charge in [0.05, 0.1) is 0 Å². The third kappa shape index (κ3) is 2.68. The lowest BCUT2D eigenvalue weighted by atomic mass is 9.97. The summed E-state index contributed by atoms with van der Waals surface area (Å²) in [5.41, 5.74) is 6.82. The van der Waals surface area contributed by atoms with E-state index in [1.807, 2.05) is 14.1 Å². The molecule has 2 atom stereocenters. The third-order valence-corrected chi connectivity index (χ3v) is 3.64. The molecule has 100 valence electrons. The van der Waals surface area contributed by atoms with Crippen LogP contribution in [0.2, 0.25) is 0 Å². The number of piperazine rings is 1. The summed E-state index contributed by atoms with van der Waals surface area (Å²) in [5, 5.41) is 0. The highest BCUT2D eigenvalue weighted by molar-refractivity contribution is 5.22. The van der Waals surface area contributed by atoms with Gasteiger partial charge in [0.15, 0.2) is 11.6 Å². The van der Waals surface area contributed by atoms with Gasteiger partial charge in [-0.2, -0.15) is 0 Å². The van der Waals surface area contributed by atoms with E-state index in [9.17, 15) is 8.78 Å². The summed E-state index contributed by atoms with van der Waals surface area (Å²) in [6, 6.07) is 3.70. The van der Waals surface area contributed by atoms with E-state index in [4.69, 9.17) is 5.73 Å². The molecule has 3 nitrogen and oxygen atoms in total. The number of likely N-dealkylation sites (N-methyl/N-ethyl adjacent to an activating group) is 2. The summed E-state index contributed by atoms with van der Waals surface area (Å²) in [7, 11) is 4.05. The van der Waals surface area contributed by atoms with Crippen LogP contribution in [0.3, 0.4) is 0 Å². The molecule has 0 amide bonds. The number of halogens is 2. The lowest BCUT2D eigenvalue weighted by molar-refractivity contribution is 0.0973. The Morgan fingerprint density at radius 1 is 1.22 bits per heavy atom. The van der Waals surface area contributed by atoms with Gasteiger partial charge in [-0.15, -0.1) is 0 Å². The van der Waals surface area contributed by atoms with Gasteiger partial charge in [-0.25, -0.2) is 8.78 Å². The Morgan fingerprint density at radius 2 is 1.94 bits per heavy atom. The Morgan fingerprint density at radius 3 is 2.61 bits per heavy atom. The van der Waals surface area contributed by atoms with Crippen molar-refractivity contribution in [2.75, 3.05) is 33.7 Å². The molecule has 1 aromatic rings. The van der Waals surface area contributed by atoms with Crippen molar-refractivity contribution in [2.45, 2.75) is 12.1 Å². The number of nitrogens with zero attached hydrogens (tertiary/aromatic N) is 2. The Kier molecular flexibility index (Phi) is 3.94. The molecule has 1 fully saturated rings. The molecule has 0 aromatic heterocycles. The molecule has 18 heavy (non-hydrogen) atoms. The van der Waals surface area contributed by atoms with Gasteiger partial charge in [0.1, 0.15) is 0 Å². The second kappa shape index (κ2) is 5.30. The first-order chi connectivity index (χ1) is 8.49. The molecular weight excluding hydrogens is 236 g/mol. The number of hydrogen-bond acceptors (Lipinski definition) is 3. The zero-order chi connectivity index (χ0) is 13.3. The van der Waals surface area contributed by atoms with Crippen molar-refractivity contribution in [3.63, 3.8) is 0 Å². The predicted molar refractivity (Wildman–Crippen MR) is 67.2 cm³/mol. The van der Waals surface area contributed by atoms with Gasteiger partial charge < -0.3 is 10.6 Å². The molecule has 0 spiro atoms. The van der Waals surface area contributed by atoms with E-state index in [1.165, 1.54) is 6.07 Å². The van der Waals surface area contributed by atoms with Crippen molar-refractivity contribution in [2.24, 2.45) is 5.73 Å². The summed E-state index contributed by atoms with van der Waals surface area (Å²) in [6.07, 6.45) is 0. The first kappa shape index (κ1) is 13.4. The molecule has 2 N–H and O–H groups in total. The molecule has 5 heteroatoms. The quantitative estimate of drug-likeness (QED) is 0.862. The normalized spacial score (nSPS) is 24.2. The topological polar surface area (TPSA) is 32.5 Å². The summed E-state index contributed by atoms with van der Waals surface area (Å²) < 4.78 is 26.1. The highest BCUT2D eigenvalue weighted by atomic mass is 19.2. The average Bonchev–Trinajstić information content (AvgIpc) is 2.35. The molecule has 1 aliphatic rings. The number of benzene rings is 1. The van der Waals surface area contributed by atoms with Crippen molar-refractivity contribution in [1.82, 2.24) is 9.80 Å². The maximum Gasteiger partial charge on any atom is 0.159 e. The maximum absolute atomic E-state index is 13.2. The van der Waals surface area contributed by atoms with Crippen molar-refractivity contribution in [1.29, 1.82) is 0 Å². The van der Waals surface area contributed by atoms with Crippen molar-refractivity contribution < 1.29 is 8.78 Å².